The van der Waals surface area contributed by atoms with E-state index in [0.29, 0.717) is 13.2 Å². The molecule has 0 heterocycles. The van der Waals surface area contributed by atoms with Crippen molar-refractivity contribution in [3.63, 3.8) is 0 Å². The lowest BCUT2D eigenvalue weighted by Gasteiger charge is -2.26. The molecule has 4 heteroatoms. The Morgan fingerprint density at radius 1 is 1.44 bits per heavy atom. The first-order valence-electron chi connectivity index (χ1n) is 6.14. The maximum absolute atomic E-state index is 10.8. The third-order valence-corrected chi connectivity index (χ3v) is 2.96. The van der Waals surface area contributed by atoms with Crippen LogP contribution in [0.5, 0.6) is 5.75 Å². The third-order valence-electron chi connectivity index (χ3n) is 2.96. The largest absolute Gasteiger partial charge is 0.494 e. The number of hydrogen-bond acceptors (Lipinski definition) is 2. The fraction of sp³-hybridized carbons (Fsp3) is 0.500. The maximum atomic E-state index is 10.8. The number of carbonyl (C=O) groups excluding carboxylic acids is 1. The van der Waals surface area contributed by atoms with Crippen LogP contribution in [-0.4, -0.2) is 19.2 Å². The summed E-state index contributed by atoms with van der Waals surface area (Å²) in [6.07, 6.45) is 0. The number of rotatable bonds is 5. The maximum Gasteiger partial charge on any atom is 0.312 e. The highest BCUT2D eigenvalue weighted by Gasteiger charge is 2.21. The van der Waals surface area contributed by atoms with E-state index in [9.17, 15) is 4.79 Å². The van der Waals surface area contributed by atoms with E-state index in [0.717, 1.165) is 16.9 Å². The van der Waals surface area contributed by atoms with Gasteiger partial charge in [0.15, 0.2) is 0 Å². The number of urea groups is 1. The molecule has 100 valence electrons. The topological polar surface area (TPSA) is 64.3 Å². The van der Waals surface area contributed by atoms with Gasteiger partial charge in [0, 0.05) is 12.0 Å². The van der Waals surface area contributed by atoms with Crippen LogP contribution in [0.2, 0.25) is 0 Å². The Hall–Kier alpha value is -1.71. The van der Waals surface area contributed by atoms with Gasteiger partial charge in [0.25, 0.3) is 0 Å². The van der Waals surface area contributed by atoms with E-state index in [1.807, 2.05) is 26.0 Å². The smallest absolute Gasteiger partial charge is 0.312 e. The number of primary amides is 1. The summed E-state index contributed by atoms with van der Waals surface area (Å²) in [5.41, 5.74) is 7.19. The molecule has 0 radical (unpaired) electrons. The van der Waals surface area contributed by atoms with Crippen molar-refractivity contribution in [3.05, 3.63) is 29.3 Å². The summed E-state index contributed by atoms with van der Waals surface area (Å²) in [6, 6.07) is 5.60. The Morgan fingerprint density at radius 2 is 2.11 bits per heavy atom. The van der Waals surface area contributed by atoms with Crippen molar-refractivity contribution in [2.75, 3.05) is 13.2 Å². The summed E-state index contributed by atoms with van der Waals surface area (Å²) < 4.78 is 5.51. The lowest BCUT2D eigenvalue weighted by molar-refractivity contribution is 0.246. The summed E-state index contributed by atoms with van der Waals surface area (Å²) in [5.74, 6) is 0.903. The molecule has 1 aromatic carbocycles. The Balaban J connectivity index is 2.88. The zero-order chi connectivity index (χ0) is 13.8. The number of benzene rings is 1. The average molecular weight is 250 g/mol. The Bertz CT molecular complexity index is 428. The first-order valence-corrected chi connectivity index (χ1v) is 6.14. The summed E-state index contributed by atoms with van der Waals surface area (Å²) in [4.78, 5) is 10.8. The molecule has 0 spiro atoms. The second-order valence-electron chi connectivity index (χ2n) is 5.01. The van der Waals surface area contributed by atoms with E-state index in [4.69, 9.17) is 10.5 Å². The van der Waals surface area contributed by atoms with Gasteiger partial charge in [-0.05, 0) is 31.0 Å². The number of ether oxygens (including phenoxy) is 1. The molecule has 0 aliphatic heterocycles. The zero-order valence-corrected chi connectivity index (χ0v) is 11.5. The van der Waals surface area contributed by atoms with Gasteiger partial charge >= 0.3 is 6.03 Å². The Kier molecular flexibility index (Phi) is 4.59. The lowest BCUT2D eigenvalue weighted by Crippen LogP contribution is -2.39. The number of hydrogen-bond donors (Lipinski definition) is 2. The molecule has 4 nitrogen and oxygen atoms in total. The van der Waals surface area contributed by atoms with Crippen LogP contribution in [0.1, 0.15) is 31.9 Å². The monoisotopic (exact) mass is 250 g/mol. The van der Waals surface area contributed by atoms with Crippen LogP contribution < -0.4 is 15.8 Å². The van der Waals surface area contributed by atoms with E-state index in [1.54, 1.807) is 0 Å². The molecular formula is C14H22N2O2. The zero-order valence-electron chi connectivity index (χ0n) is 11.5. The van der Waals surface area contributed by atoms with Crippen molar-refractivity contribution in [1.29, 1.82) is 0 Å². The molecular weight excluding hydrogens is 228 g/mol. The van der Waals surface area contributed by atoms with Gasteiger partial charge < -0.3 is 15.8 Å². The van der Waals surface area contributed by atoms with Crippen LogP contribution in [0, 0.1) is 6.92 Å². The number of nitrogens with one attached hydrogen (secondary N) is 1. The molecule has 0 saturated carbocycles. The fourth-order valence-corrected chi connectivity index (χ4v) is 1.80. The highest BCUT2D eigenvalue weighted by molar-refractivity contribution is 5.71. The number of nitrogens with two attached hydrogens (primary N) is 1. The van der Waals surface area contributed by atoms with Gasteiger partial charge in [0.1, 0.15) is 5.75 Å². The molecule has 0 bridgehead atoms. The number of carbonyl (C=O) groups is 1. The first-order chi connectivity index (χ1) is 8.36. The van der Waals surface area contributed by atoms with Crippen molar-refractivity contribution in [3.8, 4) is 5.75 Å². The number of amides is 2. The predicted octanol–water partition coefficient (Wildman–Crippen LogP) is 2.34. The molecule has 0 unspecified atom stereocenters. The van der Waals surface area contributed by atoms with Gasteiger partial charge in [-0.1, -0.05) is 26.0 Å². The van der Waals surface area contributed by atoms with E-state index < -0.39 is 6.03 Å². The van der Waals surface area contributed by atoms with Crippen LogP contribution >= 0.6 is 0 Å². The van der Waals surface area contributed by atoms with Gasteiger partial charge in [-0.2, -0.15) is 0 Å². The molecule has 0 aromatic heterocycles. The average Bonchev–Trinajstić information content (AvgIpc) is 2.29. The summed E-state index contributed by atoms with van der Waals surface area (Å²) in [5, 5.41) is 2.65. The van der Waals surface area contributed by atoms with Gasteiger partial charge in [0.05, 0.1) is 6.61 Å². The van der Waals surface area contributed by atoms with Crippen molar-refractivity contribution in [2.24, 2.45) is 5.73 Å². The van der Waals surface area contributed by atoms with E-state index >= 15 is 0 Å². The first kappa shape index (κ1) is 14.4. The summed E-state index contributed by atoms with van der Waals surface area (Å²) in [7, 11) is 0. The quantitative estimate of drug-likeness (QED) is 0.842. The third kappa shape index (κ3) is 3.65. The SMILES string of the molecule is CCOc1ccc(C(C)(C)CNC(N)=O)cc1C. The minimum Gasteiger partial charge on any atom is -0.494 e. The minimum atomic E-state index is -0.495. The molecule has 1 rings (SSSR count). The van der Waals surface area contributed by atoms with Crippen molar-refractivity contribution >= 4 is 6.03 Å². The molecule has 0 aliphatic carbocycles. The molecule has 0 fully saturated rings. The predicted molar refractivity (Wildman–Crippen MR) is 73.0 cm³/mol. The van der Waals surface area contributed by atoms with Crippen LogP contribution in [0.25, 0.3) is 0 Å². The van der Waals surface area contributed by atoms with Crippen molar-refractivity contribution in [2.45, 2.75) is 33.1 Å². The summed E-state index contributed by atoms with van der Waals surface area (Å²) in [6.45, 7) is 9.29. The normalized spacial score (nSPS) is 11.1. The van der Waals surface area contributed by atoms with Gasteiger partial charge in [-0.25, -0.2) is 4.79 Å². The lowest BCUT2D eigenvalue weighted by atomic mass is 9.84. The molecule has 18 heavy (non-hydrogen) atoms. The van der Waals surface area contributed by atoms with Crippen molar-refractivity contribution in [1.82, 2.24) is 5.32 Å². The molecule has 2 amide bonds. The van der Waals surface area contributed by atoms with Crippen LogP contribution in [0.4, 0.5) is 4.79 Å². The highest BCUT2D eigenvalue weighted by atomic mass is 16.5. The molecule has 0 aliphatic rings. The number of aryl methyl sites for hydroxylation is 1. The fourth-order valence-electron chi connectivity index (χ4n) is 1.80. The second kappa shape index (κ2) is 5.76. The Labute approximate surface area is 109 Å². The second-order valence-corrected chi connectivity index (χ2v) is 5.01. The van der Waals surface area contributed by atoms with Crippen LogP contribution in [0.3, 0.4) is 0 Å². The van der Waals surface area contributed by atoms with E-state index in [-0.39, 0.29) is 5.41 Å². The van der Waals surface area contributed by atoms with E-state index in [1.165, 1.54) is 0 Å². The van der Waals surface area contributed by atoms with Gasteiger partial charge in [-0.3, -0.25) is 0 Å². The highest BCUT2D eigenvalue weighted by Crippen LogP contribution is 2.27. The molecule has 1 aromatic rings. The van der Waals surface area contributed by atoms with Crippen LogP contribution in [-0.2, 0) is 5.41 Å². The van der Waals surface area contributed by atoms with E-state index in [2.05, 4.69) is 25.2 Å². The standard InChI is InChI=1S/C14H22N2O2/c1-5-18-12-7-6-11(8-10(12)2)14(3,4)9-16-13(15)17/h6-8H,5,9H2,1-4H3,(H3,15,16,17). The van der Waals surface area contributed by atoms with Crippen LogP contribution in [0.15, 0.2) is 18.2 Å². The van der Waals surface area contributed by atoms with Crippen molar-refractivity contribution < 1.29 is 9.53 Å². The van der Waals surface area contributed by atoms with Gasteiger partial charge in [0.2, 0.25) is 0 Å². The summed E-state index contributed by atoms with van der Waals surface area (Å²) >= 11 is 0. The molecule has 0 saturated heterocycles. The minimum absolute atomic E-state index is 0.162. The Morgan fingerprint density at radius 3 is 2.61 bits per heavy atom. The molecule has 3 N–H and O–H groups in total. The molecule has 0 atom stereocenters. The van der Waals surface area contributed by atoms with Gasteiger partial charge in [-0.15, -0.1) is 0 Å².